The smallest absolute Gasteiger partial charge is 0.0470 e. The van der Waals surface area contributed by atoms with Crippen LogP contribution in [0.3, 0.4) is 0 Å². The zero-order valence-corrected chi connectivity index (χ0v) is 12.9. The van der Waals surface area contributed by atoms with E-state index in [1.54, 1.807) is 7.11 Å². The van der Waals surface area contributed by atoms with Gasteiger partial charge in [-0.05, 0) is 38.0 Å². The predicted octanol–water partition coefficient (Wildman–Crippen LogP) is 3.70. The van der Waals surface area contributed by atoms with Gasteiger partial charge in [-0.1, -0.05) is 27.2 Å². The fraction of sp³-hybridized carbons (Fsp3) is 1.00. The van der Waals surface area contributed by atoms with E-state index >= 15 is 0 Å². The highest BCUT2D eigenvalue weighted by molar-refractivity contribution is 7.99. The summed E-state index contributed by atoms with van der Waals surface area (Å²) in [6.07, 6.45) is 6.24. The van der Waals surface area contributed by atoms with Gasteiger partial charge in [-0.25, -0.2) is 0 Å². The fourth-order valence-electron chi connectivity index (χ4n) is 2.02. The summed E-state index contributed by atoms with van der Waals surface area (Å²) >= 11 is 2.12. The molecular weight excluding hydrogens is 230 g/mol. The van der Waals surface area contributed by atoms with Crippen LogP contribution in [0.25, 0.3) is 0 Å². The molecule has 0 radical (unpaired) electrons. The molecule has 2 unspecified atom stereocenters. The van der Waals surface area contributed by atoms with Crippen LogP contribution in [0.5, 0.6) is 0 Å². The van der Waals surface area contributed by atoms with Crippen molar-refractivity contribution in [3.05, 3.63) is 0 Å². The lowest BCUT2D eigenvalue weighted by Gasteiger charge is -2.26. The first-order valence-corrected chi connectivity index (χ1v) is 8.18. The molecule has 0 amide bonds. The number of ether oxygens (including phenoxy) is 1. The molecule has 0 rings (SSSR count). The molecule has 0 heterocycles. The largest absolute Gasteiger partial charge is 0.385 e. The zero-order chi connectivity index (χ0) is 12.9. The molecule has 2 atom stereocenters. The minimum atomic E-state index is 0.692. The molecule has 0 aliphatic heterocycles. The average Bonchev–Trinajstić information content (AvgIpc) is 2.35. The van der Waals surface area contributed by atoms with E-state index in [2.05, 4.69) is 37.8 Å². The van der Waals surface area contributed by atoms with Crippen molar-refractivity contribution in [1.29, 1.82) is 0 Å². The van der Waals surface area contributed by atoms with Crippen LogP contribution in [0.2, 0.25) is 0 Å². The standard InChI is InChI=1S/C14H31NOS/c1-5-9-13(15-10-6-2)14(7-3)17-12-8-11-16-4/h13-15H,5-12H2,1-4H3. The van der Waals surface area contributed by atoms with Crippen molar-refractivity contribution in [1.82, 2.24) is 5.32 Å². The number of hydrogen-bond acceptors (Lipinski definition) is 3. The molecule has 0 aliphatic carbocycles. The summed E-state index contributed by atoms with van der Waals surface area (Å²) in [4.78, 5) is 0. The second-order valence-corrected chi connectivity index (χ2v) is 5.86. The van der Waals surface area contributed by atoms with Gasteiger partial charge in [0.2, 0.25) is 0 Å². The van der Waals surface area contributed by atoms with Crippen LogP contribution in [0.15, 0.2) is 0 Å². The molecule has 0 saturated carbocycles. The summed E-state index contributed by atoms with van der Waals surface area (Å²) in [5, 5.41) is 4.47. The van der Waals surface area contributed by atoms with Crippen molar-refractivity contribution in [2.24, 2.45) is 0 Å². The van der Waals surface area contributed by atoms with E-state index in [-0.39, 0.29) is 0 Å². The van der Waals surface area contributed by atoms with Crippen LogP contribution in [0.4, 0.5) is 0 Å². The fourth-order valence-corrected chi connectivity index (χ4v) is 3.30. The minimum Gasteiger partial charge on any atom is -0.385 e. The van der Waals surface area contributed by atoms with Crippen LogP contribution in [0, 0.1) is 0 Å². The van der Waals surface area contributed by atoms with Gasteiger partial charge in [-0.15, -0.1) is 0 Å². The number of nitrogens with one attached hydrogen (secondary N) is 1. The van der Waals surface area contributed by atoms with Gasteiger partial charge >= 0.3 is 0 Å². The van der Waals surface area contributed by atoms with Crippen LogP contribution >= 0.6 is 11.8 Å². The Morgan fingerprint density at radius 3 is 2.47 bits per heavy atom. The van der Waals surface area contributed by atoms with Gasteiger partial charge in [-0.3, -0.25) is 0 Å². The van der Waals surface area contributed by atoms with E-state index in [1.165, 1.54) is 37.9 Å². The summed E-state index contributed by atoms with van der Waals surface area (Å²) in [6.45, 7) is 8.87. The Hall–Kier alpha value is 0.270. The van der Waals surface area contributed by atoms with Crippen molar-refractivity contribution in [3.63, 3.8) is 0 Å². The lowest BCUT2D eigenvalue weighted by atomic mass is 10.1. The molecule has 3 heteroatoms. The minimum absolute atomic E-state index is 0.692. The topological polar surface area (TPSA) is 21.3 Å². The first-order chi connectivity index (χ1) is 8.29. The third-order valence-electron chi connectivity index (χ3n) is 2.93. The molecular formula is C14H31NOS. The second kappa shape index (κ2) is 12.7. The third kappa shape index (κ3) is 8.92. The highest BCUT2D eigenvalue weighted by Crippen LogP contribution is 2.22. The first kappa shape index (κ1) is 17.3. The van der Waals surface area contributed by atoms with Crippen LogP contribution in [0.1, 0.15) is 52.9 Å². The van der Waals surface area contributed by atoms with Gasteiger partial charge in [0.15, 0.2) is 0 Å². The van der Waals surface area contributed by atoms with Crippen LogP contribution in [-0.2, 0) is 4.74 Å². The Morgan fingerprint density at radius 2 is 1.94 bits per heavy atom. The molecule has 0 fully saturated rings. The Labute approximate surface area is 112 Å². The van der Waals surface area contributed by atoms with Crippen molar-refractivity contribution < 1.29 is 4.74 Å². The third-order valence-corrected chi connectivity index (χ3v) is 4.55. The van der Waals surface area contributed by atoms with E-state index in [9.17, 15) is 0 Å². The van der Waals surface area contributed by atoms with Gasteiger partial charge in [0.05, 0.1) is 0 Å². The van der Waals surface area contributed by atoms with Crippen molar-refractivity contribution in [2.75, 3.05) is 26.0 Å². The highest BCUT2D eigenvalue weighted by atomic mass is 32.2. The molecule has 0 aromatic heterocycles. The van der Waals surface area contributed by atoms with E-state index < -0.39 is 0 Å². The van der Waals surface area contributed by atoms with Gasteiger partial charge in [0, 0.05) is 25.0 Å². The number of thioether (sulfide) groups is 1. The zero-order valence-electron chi connectivity index (χ0n) is 12.1. The summed E-state index contributed by atoms with van der Waals surface area (Å²) in [5.74, 6) is 1.22. The SMILES string of the molecule is CCCNC(CCC)C(CC)SCCCOC. The molecule has 2 nitrogen and oxygen atoms in total. The van der Waals surface area contributed by atoms with Gasteiger partial charge in [0.25, 0.3) is 0 Å². The van der Waals surface area contributed by atoms with Crippen molar-refractivity contribution in [2.45, 2.75) is 64.2 Å². The molecule has 0 bridgehead atoms. The first-order valence-electron chi connectivity index (χ1n) is 7.13. The number of hydrogen-bond donors (Lipinski definition) is 1. The summed E-state index contributed by atoms with van der Waals surface area (Å²) in [6, 6.07) is 0.692. The van der Waals surface area contributed by atoms with Crippen LogP contribution in [-0.4, -0.2) is 37.3 Å². The van der Waals surface area contributed by atoms with E-state index in [4.69, 9.17) is 4.74 Å². The van der Waals surface area contributed by atoms with E-state index in [0.29, 0.717) is 6.04 Å². The number of rotatable bonds is 12. The Bertz CT molecular complexity index is 155. The quantitative estimate of drug-likeness (QED) is 0.541. The van der Waals surface area contributed by atoms with E-state index in [0.717, 1.165) is 18.4 Å². The molecule has 1 N–H and O–H groups in total. The molecule has 0 aromatic rings. The molecule has 104 valence electrons. The average molecular weight is 261 g/mol. The highest BCUT2D eigenvalue weighted by Gasteiger charge is 2.18. The Morgan fingerprint density at radius 1 is 1.18 bits per heavy atom. The maximum absolute atomic E-state index is 5.10. The maximum Gasteiger partial charge on any atom is 0.0470 e. The van der Waals surface area contributed by atoms with Crippen LogP contribution < -0.4 is 5.32 Å². The molecule has 17 heavy (non-hydrogen) atoms. The molecule has 0 saturated heterocycles. The van der Waals surface area contributed by atoms with E-state index in [1.807, 2.05) is 0 Å². The monoisotopic (exact) mass is 261 g/mol. The number of methoxy groups -OCH3 is 1. The van der Waals surface area contributed by atoms with Crippen molar-refractivity contribution >= 4 is 11.8 Å². The predicted molar refractivity (Wildman–Crippen MR) is 80.0 cm³/mol. The normalized spacial score (nSPS) is 14.8. The Kier molecular flexibility index (Phi) is 12.9. The lowest BCUT2D eigenvalue weighted by Crippen LogP contribution is -2.38. The second-order valence-electron chi connectivity index (χ2n) is 4.51. The molecule has 0 spiro atoms. The van der Waals surface area contributed by atoms with Gasteiger partial charge in [-0.2, -0.15) is 11.8 Å². The van der Waals surface area contributed by atoms with Gasteiger partial charge < -0.3 is 10.1 Å². The lowest BCUT2D eigenvalue weighted by molar-refractivity contribution is 0.200. The summed E-state index contributed by atoms with van der Waals surface area (Å²) in [7, 11) is 1.78. The van der Waals surface area contributed by atoms with Gasteiger partial charge in [0.1, 0.15) is 0 Å². The maximum atomic E-state index is 5.10. The summed E-state index contributed by atoms with van der Waals surface area (Å²) in [5.41, 5.74) is 0. The van der Waals surface area contributed by atoms with Crippen molar-refractivity contribution in [3.8, 4) is 0 Å². The molecule has 0 aliphatic rings. The summed E-state index contributed by atoms with van der Waals surface area (Å²) < 4.78 is 5.10. The molecule has 0 aromatic carbocycles. The Balaban J connectivity index is 3.95.